The van der Waals surface area contributed by atoms with Crippen LogP contribution in [0, 0.1) is 0 Å². The van der Waals surface area contributed by atoms with Crippen LogP contribution in [0.4, 0.5) is 0 Å². The minimum absolute atomic E-state index is 0.118. The summed E-state index contributed by atoms with van der Waals surface area (Å²) in [4.78, 5) is 26.9. The molecule has 2 heterocycles. The number of carbonyl (C=O) groups is 2. The minimum atomic E-state index is -1.04. The molecule has 0 aliphatic rings. The summed E-state index contributed by atoms with van der Waals surface area (Å²) in [5.74, 6) is -1.18. The lowest BCUT2D eigenvalue weighted by Crippen LogP contribution is -2.14. The Morgan fingerprint density at radius 3 is 2.74 bits per heavy atom. The van der Waals surface area contributed by atoms with Gasteiger partial charge < -0.3 is 9.67 Å². The van der Waals surface area contributed by atoms with Crippen molar-refractivity contribution >= 4 is 23.1 Å². The molecule has 2 rings (SSSR count). The second-order valence-electron chi connectivity index (χ2n) is 4.18. The summed E-state index contributed by atoms with van der Waals surface area (Å²) in [5.41, 5.74) is 0.527. The van der Waals surface area contributed by atoms with Crippen LogP contribution in [0.3, 0.4) is 0 Å². The lowest BCUT2D eigenvalue weighted by atomic mass is 10.2. The maximum absolute atomic E-state index is 11.4. The van der Waals surface area contributed by atoms with E-state index in [2.05, 4.69) is 4.98 Å². The Morgan fingerprint density at radius 2 is 2.26 bits per heavy atom. The van der Waals surface area contributed by atoms with E-state index < -0.39 is 5.97 Å². The van der Waals surface area contributed by atoms with E-state index >= 15 is 0 Å². The average Bonchev–Trinajstić information content (AvgIpc) is 2.98. The Kier molecular flexibility index (Phi) is 3.80. The summed E-state index contributed by atoms with van der Waals surface area (Å²) < 4.78 is 1.62. The van der Waals surface area contributed by atoms with E-state index in [4.69, 9.17) is 0 Å². The summed E-state index contributed by atoms with van der Waals surface area (Å²) in [6.45, 7) is 3.39. The molecule has 1 unspecified atom stereocenters. The van der Waals surface area contributed by atoms with E-state index in [9.17, 15) is 14.7 Å². The number of nitrogens with zero attached hydrogens (tertiary/aromatic N) is 2. The molecule has 5 nitrogen and oxygen atoms in total. The highest BCUT2D eigenvalue weighted by atomic mass is 32.1. The van der Waals surface area contributed by atoms with Gasteiger partial charge in [0.15, 0.2) is 5.78 Å². The second kappa shape index (κ2) is 5.36. The Hall–Kier alpha value is -1.95. The molecule has 2 aromatic rings. The van der Waals surface area contributed by atoms with Gasteiger partial charge in [-0.1, -0.05) is 6.92 Å². The van der Waals surface area contributed by atoms with Gasteiger partial charge in [0, 0.05) is 23.3 Å². The molecular formula is C13H14N2O3S. The summed E-state index contributed by atoms with van der Waals surface area (Å²) >= 11 is 1.48. The fourth-order valence-corrected chi connectivity index (χ4v) is 2.81. The number of rotatable bonds is 5. The first-order chi connectivity index (χ1) is 9.04. The molecule has 19 heavy (non-hydrogen) atoms. The molecule has 0 aromatic carbocycles. The van der Waals surface area contributed by atoms with Crippen molar-refractivity contribution in [1.29, 1.82) is 0 Å². The van der Waals surface area contributed by atoms with Crippen LogP contribution in [0.25, 0.3) is 0 Å². The number of hydrogen-bond acceptors (Lipinski definition) is 4. The maximum atomic E-state index is 11.4. The highest BCUT2D eigenvalue weighted by Gasteiger charge is 2.22. The highest BCUT2D eigenvalue weighted by Crippen LogP contribution is 2.27. The maximum Gasteiger partial charge on any atom is 0.352 e. The largest absolute Gasteiger partial charge is 0.477 e. The summed E-state index contributed by atoms with van der Waals surface area (Å²) in [7, 11) is 0. The Bertz CT molecular complexity index is 601. The predicted molar refractivity (Wildman–Crippen MR) is 71.9 cm³/mol. The standard InChI is InChI=1S/C13H14N2O3S/c1-3-10(12-14-4-5-19-12)15-7-9(8(2)16)6-11(15)13(17)18/h4-7,10H,3H2,1-2H3,(H,17,18). The first-order valence-corrected chi connectivity index (χ1v) is 6.78. The molecule has 0 fully saturated rings. The first kappa shape index (κ1) is 13.5. The van der Waals surface area contributed by atoms with Gasteiger partial charge in [-0.15, -0.1) is 11.3 Å². The third-order valence-corrected chi connectivity index (χ3v) is 3.81. The van der Waals surface area contributed by atoms with Gasteiger partial charge >= 0.3 is 5.97 Å². The number of hydrogen-bond donors (Lipinski definition) is 1. The molecule has 0 aliphatic carbocycles. The zero-order valence-corrected chi connectivity index (χ0v) is 11.5. The van der Waals surface area contributed by atoms with Crippen LogP contribution in [0.15, 0.2) is 23.8 Å². The van der Waals surface area contributed by atoms with Gasteiger partial charge in [0.05, 0.1) is 6.04 Å². The van der Waals surface area contributed by atoms with Crippen molar-refractivity contribution in [3.8, 4) is 0 Å². The molecule has 0 spiro atoms. The molecule has 0 saturated heterocycles. The van der Waals surface area contributed by atoms with E-state index in [1.165, 1.54) is 24.3 Å². The van der Waals surface area contributed by atoms with Gasteiger partial charge in [-0.25, -0.2) is 9.78 Å². The van der Waals surface area contributed by atoms with Crippen LogP contribution in [-0.4, -0.2) is 26.4 Å². The molecule has 0 aliphatic heterocycles. The van der Waals surface area contributed by atoms with Crippen LogP contribution in [0.1, 0.15) is 52.2 Å². The molecule has 1 atom stereocenters. The molecule has 0 amide bonds. The van der Waals surface area contributed by atoms with E-state index in [1.807, 2.05) is 12.3 Å². The zero-order chi connectivity index (χ0) is 14.0. The number of carbonyl (C=O) groups excluding carboxylic acids is 1. The quantitative estimate of drug-likeness (QED) is 0.854. The Morgan fingerprint density at radius 1 is 1.53 bits per heavy atom. The van der Waals surface area contributed by atoms with Crippen LogP contribution in [0.2, 0.25) is 0 Å². The van der Waals surface area contributed by atoms with E-state index in [1.54, 1.807) is 17.0 Å². The zero-order valence-electron chi connectivity index (χ0n) is 10.7. The summed E-state index contributed by atoms with van der Waals surface area (Å²) in [6, 6.07) is 1.26. The number of aromatic nitrogens is 2. The van der Waals surface area contributed by atoms with E-state index in [0.29, 0.717) is 12.0 Å². The molecular weight excluding hydrogens is 264 g/mol. The highest BCUT2D eigenvalue weighted by molar-refractivity contribution is 7.09. The number of thiazole rings is 1. The third kappa shape index (κ3) is 2.58. The fourth-order valence-electron chi connectivity index (χ4n) is 1.99. The van der Waals surface area contributed by atoms with Crippen LogP contribution in [0.5, 0.6) is 0 Å². The number of carboxylic acids is 1. The van der Waals surface area contributed by atoms with E-state index in [0.717, 1.165) is 5.01 Å². The predicted octanol–water partition coefficient (Wildman–Crippen LogP) is 2.84. The van der Waals surface area contributed by atoms with Crippen molar-refractivity contribution in [2.45, 2.75) is 26.3 Å². The molecule has 100 valence electrons. The monoisotopic (exact) mass is 278 g/mol. The molecule has 0 saturated carbocycles. The first-order valence-electron chi connectivity index (χ1n) is 5.90. The molecule has 0 bridgehead atoms. The molecule has 6 heteroatoms. The summed E-state index contributed by atoms with van der Waals surface area (Å²) in [6.07, 6.45) is 4.00. The van der Waals surface area contributed by atoms with Gasteiger partial charge in [-0.2, -0.15) is 0 Å². The van der Waals surface area contributed by atoms with Crippen LogP contribution < -0.4 is 0 Å². The fraction of sp³-hybridized carbons (Fsp3) is 0.308. The van der Waals surface area contributed by atoms with Crippen molar-refractivity contribution in [2.75, 3.05) is 0 Å². The molecule has 2 aromatic heterocycles. The average molecular weight is 278 g/mol. The normalized spacial score (nSPS) is 12.3. The lowest BCUT2D eigenvalue weighted by Gasteiger charge is -2.16. The van der Waals surface area contributed by atoms with Crippen LogP contribution >= 0.6 is 11.3 Å². The van der Waals surface area contributed by atoms with Crippen molar-refractivity contribution in [3.63, 3.8) is 0 Å². The second-order valence-corrected chi connectivity index (χ2v) is 5.10. The number of carboxylic acid groups (broad SMARTS) is 1. The smallest absolute Gasteiger partial charge is 0.352 e. The summed E-state index contributed by atoms with van der Waals surface area (Å²) in [5, 5.41) is 12.0. The number of Topliss-reactive ketones (excluding diaryl/α,β-unsaturated/α-hetero) is 1. The topological polar surface area (TPSA) is 72.2 Å². The Balaban J connectivity index is 2.53. The number of ketones is 1. The van der Waals surface area contributed by atoms with Crippen molar-refractivity contribution in [2.24, 2.45) is 0 Å². The van der Waals surface area contributed by atoms with E-state index in [-0.39, 0.29) is 17.5 Å². The minimum Gasteiger partial charge on any atom is -0.477 e. The number of aromatic carboxylic acids is 1. The van der Waals surface area contributed by atoms with Gasteiger partial charge in [0.1, 0.15) is 10.7 Å². The molecule has 1 N–H and O–H groups in total. The SMILES string of the molecule is CCC(c1nccs1)n1cc(C(C)=O)cc1C(=O)O. The molecule has 0 radical (unpaired) electrons. The van der Waals surface area contributed by atoms with Crippen LogP contribution in [-0.2, 0) is 0 Å². The van der Waals surface area contributed by atoms with Crippen molar-refractivity contribution in [3.05, 3.63) is 40.1 Å². The van der Waals surface area contributed by atoms with Gasteiger partial charge in [0.25, 0.3) is 0 Å². The van der Waals surface area contributed by atoms with Crippen molar-refractivity contribution in [1.82, 2.24) is 9.55 Å². The lowest BCUT2D eigenvalue weighted by molar-refractivity contribution is 0.0683. The van der Waals surface area contributed by atoms with Crippen molar-refractivity contribution < 1.29 is 14.7 Å². The van der Waals surface area contributed by atoms with Gasteiger partial charge in [-0.05, 0) is 19.4 Å². The van der Waals surface area contributed by atoms with Gasteiger partial charge in [-0.3, -0.25) is 4.79 Å². The van der Waals surface area contributed by atoms with Gasteiger partial charge in [0.2, 0.25) is 0 Å². The third-order valence-electron chi connectivity index (χ3n) is 2.93. The Labute approximate surface area is 114 Å².